The Morgan fingerprint density at radius 2 is 1.59 bits per heavy atom. The monoisotopic (exact) mass is 467 g/mol. The van der Waals surface area contributed by atoms with E-state index >= 15 is 0 Å². The van der Waals surface area contributed by atoms with Crippen LogP contribution in [0.2, 0.25) is 0 Å². The van der Waals surface area contributed by atoms with Gasteiger partial charge in [-0.05, 0) is 47.5 Å². The zero-order valence-electron chi connectivity index (χ0n) is 17.4. The van der Waals surface area contributed by atoms with Crippen LogP contribution in [-0.4, -0.2) is 41.8 Å². The van der Waals surface area contributed by atoms with Crippen molar-refractivity contribution in [1.82, 2.24) is 15.2 Å². The molecule has 32 heavy (non-hydrogen) atoms. The number of thiazole rings is 1. The van der Waals surface area contributed by atoms with Crippen molar-refractivity contribution >= 4 is 33.3 Å². The van der Waals surface area contributed by atoms with Crippen LogP contribution >= 0.6 is 23.1 Å². The Morgan fingerprint density at radius 1 is 0.938 bits per heavy atom. The van der Waals surface area contributed by atoms with Crippen molar-refractivity contribution in [2.45, 2.75) is 9.88 Å². The van der Waals surface area contributed by atoms with Crippen molar-refractivity contribution in [2.24, 2.45) is 0 Å². The summed E-state index contributed by atoms with van der Waals surface area (Å²) in [6.45, 7) is 3.35. The zero-order valence-corrected chi connectivity index (χ0v) is 19.1. The Balaban J connectivity index is 1.34. The minimum Gasteiger partial charge on any atom is -0.301 e. The van der Waals surface area contributed by atoms with Crippen LogP contribution in [0.1, 0.15) is 11.1 Å². The van der Waals surface area contributed by atoms with Crippen molar-refractivity contribution in [2.75, 3.05) is 31.9 Å². The SMILES string of the molecule is Fc1ccc(C2(c3ccc(F)cc3)CN(CCSc3nc4ccccc4s3)CCN2)cc1. The summed E-state index contributed by atoms with van der Waals surface area (Å²) in [5, 5.41) is 3.66. The minimum absolute atomic E-state index is 0.261. The molecule has 0 spiro atoms. The third-order valence-electron chi connectivity index (χ3n) is 5.90. The quantitative estimate of drug-likeness (QED) is 0.378. The minimum atomic E-state index is -0.514. The Morgan fingerprint density at radius 3 is 2.25 bits per heavy atom. The molecule has 5 rings (SSSR count). The standard InChI is InChI=1S/C25H23F2N3S2/c26-20-9-5-18(6-10-20)25(19-7-11-21(27)12-8-19)17-30(14-13-28-25)15-16-31-24-29-22-3-1-2-4-23(22)32-24/h1-12,28H,13-17H2. The van der Waals surface area contributed by atoms with Gasteiger partial charge in [0.25, 0.3) is 0 Å². The molecule has 1 aromatic heterocycles. The summed E-state index contributed by atoms with van der Waals surface area (Å²) in [4.78, 5) is 7.14. The highest BCUT2D eigenvalue weighted by molar-refractivity contribution is 8.01. The second-order valence-electron chi connectivity index (χ2n) is 7.92. The van der Waals surface area contributed by atoms with E-state index < -0.39 is 5.54 Å². The molecule has 1 saturated heterocycles. The number of hydrogen-bond acceptors (Lipinski definition) is 5. The second kappa shape index (κ2) is 9.27. The molecule has 0 radical (unpaired) electrons. The molecular formula is C25H23F2N3S2. The van der Waals surface area contributed by atoms with E-state index in [1.165, 1.54) is 29.0 Å². The lowest BCUT2D eigenvalue weighted by Gasteiger charge is -2.44. The molecule has 3 aromatic carbocycles. The van der Waals surface area contributed by atoms with Crippen molar-refractivity contribution in [3.8, 4) is 0 Å². The van der Waals surface area contributed by atoms with Gasteiger partial charge in [-0.25, -0.2) is 13.8 Å². The number of halogens is 2. The van der Waals surface area contributed by atoms with Gasteiger partial charge in [0.05, 0.1) is 15.8 Å². The average molecular weight is 468 g/mol. The maximum Gasteiger partial charge on any atom is 0.151 e. The first-order chi connectivity index (χ1) is 15.6. The van der Waals surface area contributed by atoms with E-state index in [0.29, 0.717) is 0 Å². The second-order valence-corrected chi connectivity index (χ2v) is 10.3. The zero-order chi connectivity index (χ0) is 22.0. The van der Waals surface area contributed by atoms with E-state index in [1.807, 2.05) is 42.5 Å². The molecule has 1 aliphatic heterocycles. The van der Waals surface area contributed by atoms with Crippen LogP contribution < -0.4 is 5.32 Å². The molecule has 0 saturated carbocycles. The Labute approximate surface area is 194 Å². The molecular weight excluding hydrogens is 444 g/mol. The molecule has 0 atom stereocenters. The Kier molecular flexibility index (Phi) is 6.24. The van der Waals surface area contributed by atoms with E-state index in [4.69, 9.17) is 4.98 Å². The van der Waals surface area contributed by atoms with Gasteiger partial charge in [-0.2, -0.15) is 0 Å². The van der Waals surface area contributed by atoms with Crippen LogP contribution in [0.3, 0.4) is 0 Å². The third kappa shape index (κ3) is 4.43. The van der Waals surface area contributed by atoms with Gasteiger partial charge in [0.1, 0.15) is 11.6 Å². The molecule has 164 valence electrons. The predicted octanol–water partition coefficient (Wildman–Crippen LogP) is 5.52. The van der Waals surface area contributed by atoms with Crippen molar-refractivity contribution in [3.63, 3.8) is 0 Å². The maximum atomic E-state index is 13.6. The van der Waals surface area contributed by atoms with Crippen LogP contribution in [0, 0.1) is 11.6 Å². The number of piperazine rings is 1. The number of benzene rings is 3. The first-order valence-electron chi connectivity index (χ1n) is 10.6. The summed E-state index contributed by atoms with van der Waals surface area (Å²) in [5.74, 6) is 0.411. The molecule has 1 fully saturated rings. The number of nitrogens with one attached hydrogen (secondary N) is 1. The molecule has 0 aliphatic carbocycles. The summed E-state index contributed by atoms with van der Waals surface area (Å²) in [5.41, 5.74) is 2.50. The fourth-order valence-corrected chi connectivity index (χ4v) is 6.42. The number of para-hydroxylation sites is 1. The van der Waals surface area contributed by atoms with Crippen LogP contribution in [0.4, 0.5) is 8.78 Å². The predicted molar refractivity (Wildman–Crippen MR) is 128 cm³/mol. The van der Waals surface area contributed by atoms with Gasteiger partial charge in [-0.15, -0.1) is 11.3 Å². The fourth-order valence-electron chi connectivity index (χ4n) is 4.29. The van der Waals surface area contributed by atoms with Gasteiger partial charge in [-0.1, -0.05) is 48.2 Å². The highest BCUT2D eigenvalue weighted by atomic mass is 32.2. The summed E-state index contributed by atoms with van der Waals surface area (Å²) in [6, 6.07) is 21.5. The Hall–Kier alpha value is -2.32. The Bertz CT molecular complexity index is 1110. The molecule has 1 N–H and O–H groups in total. The first-order valence-corrected chi connectivity index (χ1v) is 12.4. The number of aromatic nitrogens is 1. The normalized spacial score (nSPS) is 16.4. The van der Waals surface area contributed by atoms with Gasteiger partial charge in [0.15, 0.2) is 4.34 Å². The number of nitrogens with zero attached hydrogens (tertiary/aromatic N) is 2. The summed E-state index contributed by atoms with van der Waals surface area (Å²) >= 11 is 3.51. The van der Waals surface area contributed by atoms with Crippen molar-refractivity contribution < 1.29 is 8.78 Å². The van der Waals surface area contributed by atoms with Gasteiger partial charge in [-0.3, -0.25) is 4.90 Å². The summed E-state index contributed by atoms with van der Waals surface area (Å²) < 4.78 is 29.6. The van der Waals surface area contributed by atoms with Gasteiger partial charge in [0, 0.05) is 31.9 Å². The van der Waals surface area contributed by atoms with E-state index in [1.54, 1.807) is 23.1 Å². The lowest BCUT2D eigenvalue weighted by molar-refractivity contribution is 0.164. The number of fused-ring (bicyclic) bond motifs is 1. The molecule has 0 unspecified atom stereocenters. The molecule has 4 aromatic rings. The fraction of sp³-hybridized carbons (Fsp3) is 0.240. The molecule has 1 aliphatic rings. The van der Waals surface area contributed by atoms with Crippen LogP contribution in [0.25, 0.3) is 10.2 Å². The van der Waals surface area contributed by atoms with Crippen molar-refractivity contribution in [3.05, 3.63) is 95.6 Å². The van der Waals surface area contributed by atoms with Crippen LogP contribution in [-0.2, 0) is 5.54 Å². The topological polar surface area (TPSA) is 28.2 Å². The molecule has 2 heterocycles. The van der Waals surface area contributed by atoms with Gasteiger partial charge < -0.3 is 5.32 Å². The lowest BCUT2D eigenvalue weighted by atomic mass is 9.81. The lowest BCUT2D eigenvalue weighted by Crippen LogP contribution is -2.59. The smallest absolute Gasteiger partial charge is 0.151 e. The van der Waals surface area contributed by atoms with E-state index in [0.717, 1.165) is 52.9 Å². The van der Waals surface area contributed by atoms with Crippen LogP contribution in [0.5, 0.6) is 0 Å². The van der Waals surface area contributed by atoms with Gasteiger partial charge in [0.2, 0.25) is 0 Å². The number of rotatable bonds is 6. The summed E-state index contributed by atoms with van der Waals surface area (Å²) in [7, 11) is 0. The van der Waals surface area contributed by atoms with Crippen molar-refractivity contribution in [1.29, 1.82) is 0 Å². The van der Waals surface area contributed by atoms with E-state index in [2.05, 4.69) is 16.3 Å². The van der Waals surface area contributed by atoms with E-state index in [9.17, 15) is 8.78 Å². The highest BCUT2D eigenvalue weighted by Gasteiger charge is 2.38. The third-order valence-corrected chi connectivity index (χ3v) is 8.06. The largest absolute Gasteiger partial charge is 0.301 e. The first kappa shape index (κ1) is 21.5. The average Bonchev–Trinajstić information content (AvgIpc) is 3.23. The molecule has 0 amide bonds. The van der Waals surface area contributed by atoms with Gasteiger partial charge >= 0.3 is 0 Å². The highest BCUT2D eigenvalue weighted by Crippen LogP contribution is 2.34. The summed E-state index contributed by atoms with van der Waals surface area (Å²) in [6.07, 6.45) is 0. The van der Waals surface area contributed by atoms with E-state index in [-0.39, 0.29) is 11.6 Å². The maximum absolute atomic E-state index is 13.6. The van der Waals surface area contributed by atoms with Crippen LogP contribution in [0.15, 0.2) is 77.1 Å². The molecule has 3 nitrogen and oxygen atoms in total. The number of hydrogen-bond donors (Lipinski definition) is 1. The molecule has 0 bridgehead atoms. The molecule has 7 heteroatoms. The number of thioether (sulfide) groups is 1.